The van der Waals surface area contributed by atoms with Crippen LogP contribution < -0.4 is 9.46 Å². The van der Waals surface area contributed by atoms with Gasteiger partial charge in [0.05, 0.1) is 0 Å². The van der Waals surface area contributed by atoms with Crippen LogP contribution in [0.1, 0.15) is 34.2 Å². The van der Waals surface area contributed by atoms with Crippen molar-refractivity contribution in [3.63, 3.8) is 0 Å². The highest BCUT2D eigenvalue weighted by Crippen LogP contribution is 2.16. The third kappa shape index (κ3) is 2.30. The van der Waals surface area contributed by atoms with Crippen molar-refractivity contribution in [1.82, 2.24) is 0 Å². The fourth-order valence-electron chi connectivity index (χ4n) is 2.79. The first-order valence-corrected chi connectivity index (χ1v) is 7.43. The van der Waals surface area contributed by atoms with Crippen LogP contribution in [0.4, 0.5) is 0 Å². The molecule has 0 bridgehead atoms. The molecule has 0 fully saturated rings. The molecule has 116 valence electrons. The van der Waals surface area contributed by atoms with Crippen LogP contribution in [-0.4, -0.2) is 5.78 Å². The lowest BCUT2D eigenvalue weighted by atomic mass is 9.99. The molecule has 0 aliphatic rings. The lowest BCUT2D eigenvalue weighted by molar-refractivity contribution is -0.635. The van der Waals surface area contributed by atoms with E-state index in [4.69, 9.17) is 0 Å². The summed E-state index contributed by atoms with van der Waals surface area (Å²) in [5.74, 6) is -0.426. The van der Waals surface area contributed by atoms with Gasteiger partial charge < -0.3 is 10.4 Å². The number of nitrogens with zero attached hydrogens (tertiary/aromatic N) is 2. The van der Waals surface area contributed by atoms with Crippen LogP contribution in [0.15, 0.2) is 48.5 Å². The first-order valence-electron chi connectivity index (χ1n) is 7.43. The second-order valence-electron chi connectivity index (χ2n) is 5.35. The van der Waals surface area contributed by atoms with Crippen molar-refractivity contribution < 1.29 is 14.3 Å². The Balaban J connectivity index is 2.30. The topological polar surface area (TPSA) is 71.0 Å². The molecule has 5 nitrogen and oxygen atoms in total. The monoisotopic (exact) mass is 308 g/mol. The van der Waals surface area contributed by atoms with Crippen LogP contribution in [0.2, 0.25) is 0 Å². The Bertz CT molecular complexity index is 920. The number of aromatic nitrogens is 2. The van der Waals surface area contributed by atoms with Crippen molar-refractivity contribution in [3.05, 3.63) is 81.5 Å². The molecule has 0 atom stereocenters. The number of rotatable bonds is 3. The lowest BCUT2D eigenvalue weighted by Gasteiger charge is -2.11. The molecule has 0 spiro atoms. The van der Waals surface area contributed by atoms with Crippen molar-refractivity contribution in [1.29, 1.82) is 0 Å². The van der Waals surface area contributed by atoms with Gasteiger partial charge in [0, 0.05) is 24.6 Å². The molecule has 0 aliphatic heterocycles. The highest BCUT2D eigenvalue weighted by molar-refractivity contribution is 6.08. The van der Waals surface area contributed by atoms with Gasteiger partial charge in [0.15, 0.2) is 0 Å². The van der Waals surface area contributed by atoms with E-state index in [1.807, 2.05) is 19.1 Å². The van der Waals surface area contributed by atoms with Gasteiger partial charge in [-0.1, -0.05) is 43.3 Å². The van der Waals surface area contributed by atoms with Crippen molar-refractivity contribution >= 4 is 16.8 Å². The van der Waals surface area contributed by atoms with Gasteiger partial charge in [0.25, 0.3) is 22.5 Å². The zero-order valence-electron chi connectivity index (χ0n) is 12.9. The predicted molar refractivity (Wildman–Crippen MR) is 85.9 cm³/mol. The fraction of sp³-hybridized carbons (Fsp3) is 0.167. The van der Waals surface area contributed by atoms with Crippen LogP contribution in [0.25, 0.3) is 11.0 Å². The fourth-order valence-corrected chi connectivity index (χ4v) is 2.79. The smallest absolute Gasteiger partial charge is 0.333 e. The van der Waals surface area contributed by atoms with Crippen molar-refractivity contribution in [2.75, 3.05) is 0 Å². The van der Waals surface area contributed by atoms with Crippen LogP contribution >= 0.6 is 0 Å². The summed E-state index contributed by atoms with van der Waals surface area (Å²) in [7, 11) is 0. The largest absolute Gasteiger partial charge is 0.618 e. The second-order valence-corrected chi connectivity index (χ2v) is 5.35. The number of para-hydroxylation sites is 2. The average Bonchev–Trinajstić information content (AvgIpc) is 2.59. The molecule has 0 N–H and O–H groups in total. The van der Waals surface area contributed by atoms with Gasteiger partial charge in [-0.2, -0.15) is 9.46 Å². The van der Waals surface area contributed by atoms with Crippen LogP contribution in [-0.2, 0) is 6.42 Å². The molecule has 2 aromatic carbocycles. The Morgan fingerprint density at radius 2 is 1.52 bits per heavy atom. The summed E-state index contributed by atoms with van der Waals surface area (Å²) < 4.78 is 1.21. The van der Waals surface area contributed by atoms with Gasteiger partial charge >= 0.3 is 5.69 Å². The molecular weight excluding hydrogens is 292 g/mol. The highest BCUT2D eigenvalue weighted by atomic mass is 16.5. The van der Waals surface area contributed by atoms with E-state index in [9.17, 15) is 15.2 Å². The summed E-state index contributed by atoms with van der Waals surface area (Å²) in [6.07, 6.45) is 0.671. The Labute approximate surface area is 133 Å². The van der Waals surface area contributed by atoms with Gasteiger partial charge in [-0.15, -0.1) is 0 Å². The van der Waals surface area contributed by atoms with Gasteiger partial charge in [0.2, 0.25) is 0 Å². The highest BCUT2D eigenvalue weighted by Gasteiger charge is 2.32. The Hall–Kier alpha value is -2.95. The van der Waals surface area contributed by atoms with Gasteiger partial charge in [-0.3, -0.25) is 4.79 Å². The third-order valence-electron chi connectivity index (χ3n) is 4.03. The number of carbonyl (C=O) groups is 1. The van der Waals surface area contributed by atoms with Crippen LogP contribution in [0.5, 0.6) is 0 Å². The number of carbonyl (C=O) groups excluding carboxylic acids is 1. The summed E-state index contributed by atoms with van der Waals surface area (Å²) in [4.78, 5) is 12.9. The molecule has 0 saturated carbocycles. The van der Waals surface area contributed by atoms with Gasteiger partial charge in [-0.25, -0.2) is 0 Å². The first kappa shape index (κ1) is 15.0. The van der Waals surface area contributed by atoms with E-state index in [-0.39, 0.29) is 22.4 Å². The van der Waals surface area contributed by atoms with Crippen molar-refractivity contribution in [2.24, 2.45) is 0 Å². The van der Waals surface area contributed by atoms with E-state index in [1.54, 1.807) is 36.4 Å². The molecule has 23 heavy (non-hydrogen) atoms. The SMILES string of the molecule is CCc1ccccc1C(=O)c1c(C)[n+]([O-])c2ccccc2[n+]1[O-]. The van der Waals surface area contributed by atoms with E-state index in [0.717, 1.165) is 5.56 Å². The Morgan fingerprint density at radius 3 is 2.17 bits per heavy atom. The van der Waals surface area contributed by atoms with E-state index in [1.165, 1.54) is 6.92 Å². The molecular formula is C18H16N2O3. The zero-order chi connectivity index (χ0) is 16.6. The zero-order valence-corrected chi connectivity index (χ0v) is 12.9. The Morgan fingerprint density at radius 1 is 0.957 bits per heavy atom. The van der Waals surface area contributed by atoms with E-state index in [0.29, 0.717) is 21.4 Å². The molecule has 1 aromatic heterocycles. The molecule has 3 aromatic rings. The number of fused-ring (bicyclic) bond motifs is 1. The maximum atomic E-state index is 12.9. The van der Waals surface area contributed by atoms with Crippen molar-refractivity contribution in [2.45, 2.75) is 20.3 Å². The molecule has 3 rings (SSSR count). The quantitative estimate of drug-likeness (QED) is 0.423. The summed E-state index contributed by atoms with van der Waals surface area (Å²) in [6, 6.07) is 13.6. The maximum absolute atomic E-state index is 12.9. The normalized spacial score (nSPS) is 10.9. The lowest BCUT2D eigenvalue weighted by Crippen LogP contribution is -2.46. The van der Waals surface area contributed by atoms with E-state index < -0.39 is 5.78 Å². The molecule has 0 amide bonds. The Kier molecular flexibility index (Phi) is 3.70. The second kappa shape index (κ2) is 5.68. The van der Waals surface area contributed by atoms with Gasteiger partial charge in [0.1, 0.15) is 0 Å². The molecule has 0 radical (unpaired) electrons. The maximum Gasteiger partial charge on any atom is 0.333 e. The molecule has 5 heteroatoms. The average molecular weight is 308 g/mol. The standard InChI is InChI=1S/C18H16N2O3/c1-3-13-8-4-5-9-14(13)18(21)17-12(2)19(22)15-10-6-7-11-16(15)20(17)23/h4-11H,3H2,1-2H3. The molecule has 0 saturated heterocycles. The van der Waals surface area contributed by atoms with Gasteiger partial charge in [-0.05, 0) is 12.0 Å². The summed E-state index contributed by atoms with van der Waals surface area (Å²) in [5.41, 5.74) is 1.72. The number of benzene rings is 2. The first-order chi connectivity index (χ1) is 11.1. The predicted octanol–water partition coefficient (Wildman–Crippen LogP) is 2.21. The molecule has 0 aliphatic carbocycles. The van der Waals surface area contributed by atoms with E-state index in [2.05, 4.69) is 0 Å². The number of ketones is 1. The minimum atomic E-state index is -0.426. The van der Waals surface area contributed by atoms with Crippen LogP contribution in [0.3, 0.4) is 0 Å². The third-order valence-corrected chi connectivity index (χ3v) is 4.03. The number of hydrogen-bond acceptors (Lipinski definition) is 3. The minimum absolute atomic E-state index is 0.106. The number of aryl methyl sites for hydroxylation is 1. The molecule has 1 heterocycles. The summed E-state index contributed by atoms with van der Waals surface area (Å²) >= 11 is 0. The summed E-state index contributed by atoms with van der Waals surface area (Å²) in [6.45, 7) is 3.44. The van der Waals surface area contributed by atoms with Crippen LogP contribution in [0, 0.1) is 17.3 Å². The van der Waals surface area contributed by atoms with E-state index >= 15 is 0 Å². The van der Waals surface area contributed by atoms with Crippen molar-refractivity contribution in [3.8, 4) is 0 Å². The minimum Gasteiger partial charge on any atom is -0.618 e. The number of hydrogen-bond donors (Lipinski definition) is 0. The molecule has 0 unspecified atom stereocenters. The summed E-state index contributed by atoms with van der Waals surface area (Å²) in [5, 5.41) is 25.1.